The molecule has 1 aliphatic rings. The van der Waals surface area contributed by atoms with Gasteiger partial charge < -0.3 is 20.3 Å². The Morgan fingerprint density at radius 3 is 1.97 bits per heavy atom. The molecule has 5 rings (SSSR count). The minimum absolute atomic E-state index is 0.194. The van der Waals surface area contributed by atoms with E-state index in [-0.39, 0.29) is 11.8 Å². The molecule has 1 aliphatic heterocycles. The summed E-state index contributed by atoms with van der Waals surface area (Å²) in [5.41, 5.74) is 4.32. The number of aromatic nitrogens is 1. The van der Waals surface area contributed by atoms with Gasteiger partial charge in [0.25, 0.3) is 11.8 Å². The topological polar surface area (TPSA) is 83.6 Å². The van der Waals surface area contributed by atoms with E-state index in [1.807, 2.05) is 42.5 Å². The molecule has 2 amide bonds. The van der Waals surface area contributed by atoms with Crippen LogP contribution in [0, 0.1) is 0 Å². The lowest BCUT2D eigenvalue weighted by Crippen LogP contribution is -2.36. The third-order valence-electron chi connectivity index (χ3n) is 5.65. The minimum Gasteiger partial charge on any atom is -0.378 e. The van der Waals surface area contributed by atoms with Crippen molar-refractivity contribution in [2.24, 2.45) is 0 Å². The van der Waals surface area contributed by atoms with Crippen molar-refractivity contribution in [2.45, 2.75) is 0 Å². The van der Waals surface area contributed by atoms with Gasteiger partial charge in [0.1, 0.15) is 0 Å². The Hall–Kier alpha value is -4.01. The summed E-state index contributed by atoms with van der Waals surface area (Å²) in [5.74, 6) is -0.415. The molecule has 2 N–H and O–H groups in total. The largest absolute Gasteiger partial charge is 0.378 e. The zero-order valence-electron chi connectivity index (χ0n) is 18.9. The van der Waals surface area contributed by atoms with Crippen molar-refractivity contribution in [3.05, 3.63) is 95.4 Å². The van der Waals surface area contributed by atoms with E-state index in [1.54, 1.807) is 47.7 Å². The molecule has 35 heavy (non-hydrogen) atoms. The zero-order chi connectivity index (χ0) is 24.0. The number of anilines is 3. The number of nitrogens with zero attached hydrogens (tertiary/aromatic N) is 2. The number of nitrogens with one attached hydrogen (secondary N) is 2. The molecule has 1 fully saturated rings. The molecule has 0 saturated carbocycles. The minimum atomic E-state index is -0.220. The Balaban J connectivity index is 1.18. The van der Waals surface area contributed by atoms with Crippen LogP contribution in [0.5, 0.6) is 0 Å². The normalized spacial score (nSPS) is 13.3. The number of thiazole rings is 1. The van der Waals surface area contributed by atoms with E-state index in [9.17, 15) is 9.59 Å². The Morgan fingerprint density at radius 1 is 0.771 bits per heavy atom. The monoisotopic (exact) mass is 484 g/mol. The molecule has 0 atom stereocenters. The summed E-state index contributed by atoms with van der Waals surface area (Å²) >= 11 is 1.63. The average molecular weight is 485 g/mol. The second-order valence-electron chi connectivity index (χ2n) is 8.04. The van der Waals surface area contributed by atoms with Crippen molar-refractivity contribution < 1.29 is 14.3 Å². The van der Waals surface area contributed by atoms with Gasteiger partial charge in [-0.25, -0.2) is 4.98 Å². The molecular weight excluding hydrogens is 460 g/mol. The first-order valence-electron chi connectivity index (χ1n) is 11.3. The second-order valence-corrected chi connectivity index (χ2v) is 8.88. The van der Waals surface area contributed by atoms with Crippen LogP contribution in [0.3, 0.4) is 0 Å². The molecule has 3 aromatic carbocycles. The summed E-state index contributed by atoms with van der Waals surface area (Å²) in [5, 5.41) is 8.80. The molecule has 7 nitrogen and oxygen atoms in total. The van der Waals surface area contributed by atoms with Crippen LogP contribution < -0.4 is 15.5 Å². The van der Waals surface area contributed by atoms with Gasteiger partial charge in [-0.15, -0.1) is 11.3 Å². The fourth-order valence-electron chi connectivity index (χ4n) is 3.72. The van der Waals surface area contributed by atoms with Crippen LogP contribution in [-0.4, -0.2) is 43.1 Å². The second kappa shape index (κ2) is 10.5. The quantitative estimate of drug-likeness (QED) is 0.395. The van der Waals surface area contributed by atoms with Crippen LogP contribution in [0.1, 0.15) is 20.7 Å². The lowest BCUT2D eigenvalue weighted by molar-refractivity contribution is 0.102. The number of hydrogen-bond donors (Lipinski definition) is 2. The number of carbonyl (C=O) groups excluding carboxylic acids is 2. The van der Waals surface area contributed by atoms with Crippen molar-refractivity contribution in [3.63, 3.8) is 0 Å². The van der Waals surface area contributed by atoms with Gasteiger partial charge in [0.05, 0.1) is 18.9 Å². The van der Waals surface area contributed by atoms with Crippen LogP contribution in [-0.2, 0) is 4.74 Å². The van der Waals surface area contributed by atoms with Crippen LogP contribution >= 0.6 is 11.3 Å². The van der Waals surface area contributed by atoms with Crippen molar-refractivity contribution in [1.82, 2.24) is 4.98 Å². The summed E-state index contributed by atoms with van der Waals surface area (Å²) < 4.78 is 5.41. The van der Waals surface area contributed by atoms with Crippen molar-refractivity contribution >= 4 is 39.7 Å². The Bertz CT molecular complexity index is 1300. The average Bonchev–Trinajstić information content (AvgIpc) is 3.41. The zero-order valence-corrected chi connectivity index (χ0v) is 19.8. The lowest BCUT2D eigenvalue weighted by atomic mass is 10.1. The first-order valence-corrected chi connectivity index (χ1v) is 12.2. The summed E-state index contributed by atoms with van der Waals surface area (Å²) in [6, 6.07) is 23.4. The molecule has 1 saturated heterocycles. The van der Waals surface area contributed by atoms with Crippen LogP contribution in [0.2, 0.25) is 0 Å². The van der Waals surface area contributed by atoms with Crippen LogP contribution in [0.15, 0.2) is 84.2 Å². The van der Waals surface area contributed by atoms with Crippen LogP contribution in [0.4, 0.5) is 16.5 Å². The predicted molar refractivity (Wildman–Crippen MR) is 139 cm³/mol. The highest BCUT2D eigenvalue weighted by atomic mass is 32.1. The maximum Gasteiger partial charge on any atom is 0.255 e. The highest BCUT2D eigenvalue weighted by Crippen LogP contribution is 2.28. The molecule has 0 spiro atoms. The number of benzene rings is 3. The molecule has 8 heteroatoms. The molecule has 0 unspecified atom stereocenters. The standard InChI is InChI=1S/C27H24N4O3S/c32-25(20-4-2-1-3-5-20)28-23-12-8-21(9-13-23)26(33)29-22-10-6-19(7-11-22)24-18-35-27(30-24)31-14-16-34-17-15-31/h1-13,18H,14-17H2,(H,28,32)(H,29,33). The number of amides is 2. The highest BCUT2D eigenvalue weighted by Gasteiger charge is 2.15. The number of morpholine rings is 1. The molecular formula is C27H24N4O3S. The van der Waals surface area contributed by atoms with E-state index >= 15 is 0 Å². The molecule has 0 radical (unpaired) electrons. The Kier molecular flexibility index (Phi) is 6.83. The number of rotatable bonds is 6. The van der Waals surface area contributed by atoms with Crippen molar-refractivity contribution in [3.8, 4) is 11.3 Å². The fourth-order valence-corrected chi connectivity index (χ4v) is 4.61. The first kappa shape index (κ1) is 22.8. The van der Waals surface area contributed by atoms with E-state index in [2.05, 4.69) is 20.9 Å². The molecule has 176 valence electrons. The van der Waals surface area contributed by atoms with Gasteiger partial charge >= 0.3 is 0 Å². The number of carbonyl (C=O) groups is 2. The molecule has 0 bridgehead atoms. The number of ether oxygens (including phenoxy) is 1. The lowest BCUT2D eigenvalue weighted by Gasteiger charge is -2.26. The van der Waals surface area contributed by atoms with Crippen molar-refractivity contribution in [2.75, 3.05) is 41.8 Å². The van der Waals surface area contributed by atoms with E-state index in [0.717, 1.165) is 42.7 Å². The van der Waals surface area contributed by atoms with E-state index in [1.165, 1.54) is 0 Å². The maximum absolute atomic E-state index is 12.7. The van der Waals surface area contributed by atoms with Gasteiger partial charge in [-0.05, 0) is 48.5 Å². The predicted octanol–water partition coefficient (Wildman–Crippen LogP) is 5.15. The summed E-state index contributed by atoms with van der Waals surface area (Å²) in [7, 11) is 0. The SMILES string of the molecule is O=C(Nc1ccc(C(=O)Nc2ccc(-c3csc(N4CCOCC4)n3)cc2)cc1)c1ccccc1. The smallest absolute Gasteiger partial charge is 0.255 e. The van der Waals surface area contributed by atoms with Gasteiger partial charge in [-0.1, -0.05) is 30.3 Å². The Labute approximate surface area is 207 Å². The summed E-state index contributed by atoms with van der Waals surface area (Å²) in [4.78, 5) is 32.0. The molecule has 4 aromatic rings. The van der Waals surface area contributed by atoms with Crippen LogP contribution in [0.25, 0.3) is 11.3 Å². The molecule has 1 aromatic heterocycles. The van der Waals surface area contributed by atoms with Gasteiger partial charge in [0.15, 0.2) is 5.13 Å². The maximum atomic E-state index is 12.7. The molecule has 2 heterocycles. The third kappa shape index (κ3) is 5.56. The van der Waals surface area contributed by atoms with E-state index < -0.39 is 0 Å². The third-order valence-corrected chi connectivity index (χ3v) is 6.55. The fraction of sp³-hybridized carbons (Fsp3) is 0.148. The Morgan fingerprint density at radius 2 is 1.34 bits per heavy atom. The van der Waals surface area contributed by atoms with Gasteiger partial charge in [-0.3, -0.25) is 9.59 Å². The van der Waals surface area contributed by atoms with E-state index in [0.29, 0.717) is 22.5 Å². The summed E-state index contributed by atoms with van der Waals surface area (Å²) in [6.45, 7) is 3.18. The van der Waals surface area contributed by atoms with Crippen molar-refractivity contribution in [1.29, 1.82) is 0 Å². The number of hydrogen-bond acceptors (Lipinski definition) is 6. The van der Waals surface area contributed by atoms with Gasteiger partial charge in [-0.2, -0.15) is 0 Å². The summed E-state index contributed by atoms with van der Waals surface area (Å²) in [6.07, 6.45) is 0. The first-order chi connectivity index (χ1) is 17.2. The van der Waals surface area contributed by atoms with E-state index in [4.69, 9.17) is 9.72 Å². The molecule has 0 aliphatic carbocycles. The van der Waals surface area contributed by atoms with Gasteiger partial charge in [0.2, 0.25) is 0 Å². The highest BCUT2D eigenvalue weighted by molar-refractivity contribution is 7.14. The van der Waals surface area contributed by atoms with Gasteiger partial charge in [0, 0.05) is 46.5 Å².